The van der Waals surface area contributed by atoms with Crippen molar-refractivity contribution in [3.8, 4) is 0 Å². The summed E-state index contributed by atoms with van der Waals surface area (Å²) < 4.78 is 0. The Morgan fingerprint density at radius 2 is 1.84 bits per heavy atom. The van der Waals surface area contributed by atoms with Gasteiger partial charge in [0.05, 0.1) is 0 Å². The van der Waals surface area contributed by atoms with Gasteiger partial charge in [-0.3, -0.25) is 4.79 Å². The molecule has 1 aromatic heterocycles. The minimum atomic E-state index is -0.0983. The number of piperazine rings is 1. The number of amides is 1. The van der Waals surface area contributed by atoms with Gasteiger partial charge in [-0.25, -0.2) is 0 Å². The summed E-state index contributed by atoms with van der Waals surface area (Å²) in [6, 6.07) is 12.3. The molecular weight excluding hydrogens is 330 g/mol. The van der Waals surface area contributed by atoms with Crippen molar-refractivity contribution in [1.29, 1.82) is 0 Å². The Morgan fingerprint density at radius 3 is 2.48 bits per heavy atom. The molecule has 4 nitrogen and oxygen atoms in total. The third kappa shape index (κ3) is 4.94. The number of nitrogens with one attached hydrogen (secondary N) is 1. The van der Waals surface area contributed by atoms with Crippen LogP contribution in [0.2, 0.25) is 0 Å². The van der Waals surface area contributed by atoms with Crippen LogP contribution in [-0.4, -0.2) is 44.0 Å². The van der Waals surface area contributed by atoms with Gasteiger partial charge in [0, 0.05) is 53.4 Å². The number of anilines is 2. The summed E-state index contributed by atoms with van der Waals surface area (Å²) >= 11 is 1.72. The maximum Gasteiger partial charge on any atom is 0.248 e. The summed E-state index contributed by atoms with van der Waals surface area (Å²) in [4.78, 5) is 19.2. The molecule has 1 fully saturated rings. The zero-order valence-electron chi connectivity index (χ0n) is 14.9. The molecule has 2 aromatic rings. The number of carbonyl (C=O) groups excluding carboxylic acids is 1. The van der Waals surface area contributed by atoms with Gasteiger partial charge in [-0.2, -0.15) is 0 Å². The third-order valence-electron chi connectivity index (χ3n) is 4.43. The normalized spacial score (nSPS) is 15.7. The Kier molecular flexibility index (Phi) is 5.89. The lowest BCUT2D eigenvalue weighted by Gasteiger charge is -2.34. The van der Waals surface area contributed by atoms with Gasteiger partial charge in [0.25, 0.3) is 0 Å². The van der Waals surface area contributed by atoms with E-state index in [1.54, 1.807) is 17.4 Å². The molecule has 0 radical (unpaired) electrons. The molecule has 25 heavy (non-hydrogen) atoms. The van der Waals surface area contributed by atoms with Gasteiger partial charge >= 0.3 is 0 Å². The Hall–Kier alpha value is -2.11. The molecule has 1 aliphatic rings. The summed E-state index contributed by atoms with van der Waals surface area (Å²) in [6.45, 7) is 6.41. The maximum atomic E-state index is 12.1. The Labute approximate surface area is 153 Å². The molecule has 0 unspecified atom stereocenters. The van der Waals surface area contributed by atoms with E-state index in [-0.39, 0.29) is 5.91 Å². The van der Waals surface area contributed by atoms with Gasteiger partial charge in [-0.05, 0) is 55.9 Å². The number of hydrogen-bond donors (Lipinski definition) is 1. The fraction of sp³-hybridized carbons (Fsp3) is 0.350. The van der Waals surface area contributed by atoms with E-state index in [1.807, 2.05) is 18.2 Å². The highest BCUT2D eigenvalue weighted by molar-refractivity contribution is 7.12. The highest BCUT2D eigenvalue weighted by atomic mass is 32.1. The van der Waals surface area contributed by atoms with Crippen LogP contribution in [0.4, 0.5) is 11.4 Å². The van der Waals surface area contributed by atoms with E-state index in [9.17, 15) is 4.79 Å². The average molecular weight is 356 g/mol. The molecule has 0 aliphatic carbocycles. The summed E-state index contributed by atoms with van der Waals surface area (Å²) in [6.07, 6.45) is 4.50. The first-order valence-electron chi connectivity index (χ1n) is 8.75. The number of nitrogens with zero attached hydrogens (tertiary/aromatic N) is 2. The van der Waals surface area contributed by atoms with Crippen LogP contribution in [0.25, 0.3) is 6.08 Å². The van der Waals surface area contributed by atoms with Gasteiger partial charge in [-0.1, -0.05) is 6.92 Å². The van der Waals surface area contributed by atoms with Crippen LogP contribution in [-0.2, 0) is 11.2 Å². The van der Waals surface area contributed by atoms with Crippen molar-refractivity contribution in [2.45, 2.75) is 13.3 Å². The zero-order chi connectivity index (χ0) is 17.6. The van der Waals surface area contributed by atoms with Crippen LogP contribution in [0.15, 0.2) is 42.5 Å². The van der Waals surface area contributed by atoms with E-state index in [4.69, 9.17) is 0 Å². The number of aryl methyl sites for hydroxylation is 1. The summed E-state index contributed by atoms with van der Waals surface area (Å²) in [5.74, 6) is -0.0983. The molecule has 1 aliphatic heterocycles. The molecule has 1 aromatic carbocycles. The predicted molar refractivity (Wildman–Crippen MR) is 108 cm³/mol. The van der Waals surface area contributed by atoms with Crippen molar-refractivity contribution < 1.29 is 4.79 Å². The molecule has 5 heteroatoms. The fourth-order valence-electron chi connectivity index (χ4n) is 2.84. The summed E-state index contributed by atoms with van der Waals surface area (Å²) in [5, 5.41) is 2.92. The average Bonchev–Trinajstić information content (AvgIpc) is 3.10. The Balaban J connectivity index is 1.54. The van der Waals surface area contributed by atoms with Crippen LogP contribution in [0.5, 0.6) is 0 Å². The molecular formula is C20H25N3OS. The van der Waals surface area contributed by atoms with Gasteiger partial charge in [0.15, 0.2) is 0 Å². The quantitative estimate of drug-likeness (QED) is 0.831. The minimum Gasteiger partial charge on any atom is -0.369 e. The molecule has 1 amide bonds. The molecule has 1 saturated heterocycles. The lowest BCUT2D eigenvalue weighted by Crippen LogP contribution is -2.44. The second kappa shape index (κ2) is 8.32. The van der Waals surface area contributed by atoms with Crippen molar-refractivity contribution in [3.05, 3.63) is 52.2 Å². The zero-order valence-corrected chi connectivity index (χ0v) is 15.7. The Morgan fingerprint density at radius 1 is 1.12 bits per heavy atom. The van der Waals surface area contributed by atoms with Crippen LogP contribution in [0.3, 0.4) is 0 Å². The lowest BCUT2D eigenvalue weighted by molar-refractivity contribution is -0.111. The van der Waals surface area contributed by atoms with Crippen molar-refractivity contribution in [3.63, 3.8) is 0 Å². The highest BCUT2D eigenvalue weighted by Gasteiger charge is 2.13. The highest BCUT2D eigenvalue weighted by Crippen LogP contribution is 2.20. The lowest BCUT2D eigenvalue weighted by atomic mass is 10.2. The van der Waals surface area contributed by atoms with Gasteiger partial charge in [0.2, 0.25) is 5.91 Å². The smallest absolute Gasteiger partial charge is 0.248 e. The van der Waals surface area contributed by atoms with Gasteiger partial charge in [-0.15, -0.1) is 11.3 Å². The predicted octanol–water partition coefficient (Wildman–Crippen LogP) is 3.71. The Bertz CT molecular complexity index is 728. The number of thiophene rings is 1. The van der Waals surface area contributed by atoms with Crippen LogP contribution < -0.4 is 10.2 Å². The first kappa shape index (κ1) is 17.7. The van der Waals surface area contributed by atoms with E-state index in [0.29, 0.717) is 0 Å². The molecule has 132 valence electrons. The number of hydrogen-bond acceptors (Lipinski definition) is 4. The van der Waals surface area contributed by atoms with Crippen LogP contribution >= 0.6 is 11.3 Å². The number of likely N-dealkylation sites (N-methyl/N-ethyl adjacent to an activating group) is 1. The molecule has 0 bridgehead atoms. The minimum absolute atomic E-state index is 0.0983. The monoisotopic (exact) mass is 355 g/mol. The van der Waals surface area contributed by atoms with E-state index in [0.717, 1.165) is 43.2 Å². The molecule has 0 saturated carbocycles. The summed E-state index contributed by atoms with van der Waals surface area (Å²) in [7, 11) is 2.16. The van der Waals surface area contributed by atoms with Crippen LogP contribution in [0, 0.1) is 0 Å². The van der Waals surface area contributed by atoms with E-state index in [1.165, 1.54) is 10.6 Å². The molecule has 1 N–H and O–H groups in total. The van der Waals surface area contributed by atoms with Gasteiger partial charge < -0.3 is 15.1 Å². The number of benzene rings is 1. The van der Waals surface area contributed by atoms with Gasteiger partial charge in [0.1, 0.15) is 0 Å². The second-order valence-corrected chi connectivity index (χ2v) is 7.52. The van der Waals surface area contributed by atoms with Crippen LogP contribution in [0.1, 0.15) is 16.7 Å². The molecule has 0 spiro atoms. The molecule has 0 atom stereocenters. The van der Waals surface area contributed by atoms with E-state index in [2.05, 4.69) is 53.4 Å². The standard InChI is InChI=1S/C20H25N3OS/c1-3-18-8-9-19(25-18)10-11-20(24)21-16-4-6-17(7-5-16)23-14-12-22(2)13-15-23/h4-11H,3,12-15H2,1-2H3,(H,21,24)/b11-10+. The SMILES string of the molecule is CCc1ccc(/C=C/C(=O)Nc2ccc(N3CCN(C)CC3)cc2)s1. The second-order valence-electron chi connectivity index (χ2n) is 6.32. The third-order valence-corrected chi connectivity index (χ3v) is 5.63. The number of carbonyl (C=O) groups is 1. The van der Waals surface area contributed by atoms with E-state index < -0.39 is 0 Å². The summed E-state index contributed by atoms with van der Waals surface area (Å²) in [5.41, 5.74) is 2.04. The first-order valence-corrected chi connectivity index (χ1v) is 9.57. The van der Waals surface area contributed by atoms with Crippen molar-refractivity contribution >= 4 is 34.7 Å². The van der Waals surface area contributed by atoms with E-state index >= 15 is 0 Å². The van der Waals surface area contributed by atoms with Crippen molar-refractivity contribution in [2.24, 2.45) is 0 Å². The fourth-order valence-corrected chi connectivity index (χ4v) is 3.69. The first-order chi connectivity index (χ1) is 12.1. The molecule has 3 rings (SSSR count). The van der Waals surface area contributed by atoms with Crippen molar-refractivity contribution in [1.82, 2.24) is 4.90 Å². The maximum absolute atomic E-state index is 12.1. The largest absolute Gasteiger partial charge is 0.369 e. The van der Waals surface area contributed by atoms with Crippen molar-refractivity contribution in [2.75, 3.05) is 43.4 Å². The number of rotatable bonds is 5. The topological polar surface area (TPSA) is 35.6 Å². The molecule has 2 heterocycles.